The van der Waals surface area contributed by atoms with E-state index >= 15 is 0 Å². The summed E-state index contributed by atoms with van der Waals surface area (Å²) in [7, 11) is 1.58. The summed E-state index contributed by atoms with van der Waals surface area (Å²) >= 11 is 1.24. The van der Waals surface area contributed by atoms with E-state index in [1.807, 2.05) is 19.1 Å². The van der Waals surface area contributed by atoms with Crippen molar-refractivity contribution in [3.8, 4) is 5.75 Å². The summed E-state index contributed by atoms with van der Waals surface area (Å²) in [6, 6.07) is 7.17. The Labute approximate surface area is 126 Å². The van der Waals surface area contributed by atoms with Gasteiger partial charge in [0.1, 0.15) is 5.75 Å². The van der Waals surface area contributed by atoms with Crippen molar-refractivity contribution in [3.05, 3.63) is 30.1 Å². The summed E-state index contributed by atoms with van der Waals surface area (Å²) in [5, 5.41) is 11.2. The highest BCUT2D eigenvalue weighted by atomic mass is 32.2. The maximum Gasteiger partial charge on any atom is 0.234 e. The standard InChI is InChI=1S/C13H17N5O2S/c1-3-11-16-17-13(18(11)14)21-8-12(19)15-9-5-4-6-10(7-9)20-2/h4-7H,3,8,14H2,1-2H3,(H,15,19). The molecular weight excluding hydrogens is 290 g/mol. The molecule has 0 radical (unpaired) electrons. The summed E-state index contributed by atoms with van der Waals surface area (Å²) < 4.78 is 6.51. The Morgan fingerprint density at radius 2 is 2.29 bits per heavy atom. The second-order valence-corrected chi connectivity index (χ2v) is 5.13. The van der Waals surface area contributed by atoms with Crippen molar-refractivity contribution in [1.29, 1.82) is 0 Å². The van der Waals surface area contributed by atoms with Crippen LogP contribution < -0.4 is 15.9 Å². The normalized spacial score (nSPS) is 10.4. The Morgan fingerprint density at radius 3 is 2.95 bits per heavy atom. The van der Waals surface area contributed by atoms with Gasteiger partial charge in [-0.2, -0.15) is 0 Å². The van der Waals surface area contributed by atoms with E-state index < -0.39 is 0 Å². The quantitative estimate of drug-likeness (QED) is 0.617. The van der Waals surface area contributed by atoms with E-state index in [0.717, 1.165) is 0 Å². The number of anilines is 1. The highest BCUT2D eigenvalue weighted by Gasteiger charge is 2.11. The van der Waals surface area contributed by atoms with Crippen molar-refractivity contribution in [2.45, 2.75) is 18.5 Å². The number of carbonyl (C=O) groups is 1. The van der Waals surface area contributed by atoms with Gasteiger partial charge in [0.05, 0.1) is 12.9 Å². The van der Waals surface area contributed by atoms with Crippen LogP contribution in [0.2, 0.25) is 0 Å². The first kappa shape index (κ1) is 15.2. The monoisotopic (exact) mass is 307 g/mol. The van der Waals surface area contributed by atoms with Crippen molar-refractivity contribution in [2.24, 2.45) is 0 Å². The molecule has 2 aromatic rings. The van der Waals surface area contributed by atoms with Crippen LogP contribution in [-0.4, -0.2) is 33.6 Å². The van der Waals surface area contributed by atoms with E-state index in [9.17, 15) is 4.79 Å². The molecule has 0 saturated heterocycles. The number of rotatable bonds is 6. The van der Waals surface area contributed by atoms with E-state index in [1.54, 1.807) is 19.2 Å². The van der Waals surface area contributed by atoms with Gasteiger partial charge in [-0.25, -0.2) is 4.68 Å². The first-order chi connectivity index (χ1) is 10.1. The molecule has 21 heavy (non-hydrogen) atoms. The van der Waals surface area contributed by atoms with Crippen LogP contribution in [0.4, 0.5) is 5.69 Å². The number of hydrogen-bond donors (Lipinski definition) is 2. The Kier molecular flexibility index (Phi) is 5.04. The van der Waals surface area contributed by atoms with Crippen LogP contribution >= 0.6 is 11.8 Å². The fraction of sp³-hybridized carbons (Fsp3) is 0.308. The molecular formula is C13H17N5O2S. The van der Waals surface area contributed by atoms with Crippen LogP contribution in [0.5, 0.6) is 5.75 Å². The summed E-state index contributed by atoms with van der Waals surface area (Å²) in [6.07, 6.45) is 0.695. The molecule has 0 atom stereocenters. The van der Waals surface area contributed by atoms with Gasteiger partial charge in [-0.05, 0) is 12.1 Å². The van der Waals surface area contributed by atoms with E-state index in [2.05, 4.69) is 15.5 Å². The van der Waals surface area contributed by atoms with E-state index in [0.29, 0.717) is 28.8 Å². The lowest BCUT2D eigenvalue weighted by atomic mass is 10.3. The maximum atomic E-state index is 11.9. The molecule has 0 spiro atoms. The molecule has 112 valence electrons. The maximum absolute atomic E-state index is 11.9. The topological polar surface area (TPSA) is 95.1 Å². The number of nitrogens with two attached hydrogens (primary N) is 1. The number of nitrogens with one attached hydrogen (secondary N) is 1. The van der Waals surface area contributed by atoms with Crippen LogP contribution in [0, 0.1) is 0 Å². The lowest BCUT2D eigenvalue weighted by molar-refractivity contribution is -0.113. The lowest BCUT2D eigenvalue weighted by Crippen LogP contribution is -2.17. The molecule has 8 heteroatoms. The van der Waals surface area contributed by atoms with Crippen LogP contribution in [0.1, 0.15) is 12.7 Å². The molecule has 0 fully saturated rings. The second kappa shape index (κ2) is 6.98. The third kappa shape index (κ3) is 3.88. The van der Waals surface area contributed by atoms with Gasteiger partial charge in [0.2, 0.25) is 11.1 Å². The van der Waals surface area contributed by atoms with Gasteiger partial charge in [-0.15, -0.1) is 10.2 Å². The molecule has 2 rings (SSSR count). The van der Waals surface area contributed by atoms with Crippen LogP contribution in [0.3, 0.4) is 0 Å². The fourth-order valence-corrected chi connectivity index (χ4v) is 2.35. The number of nitrogen functional groups attached to an aromatic ring is 1. The lowest BCUT2D eigenvalue weighted by Gasteiger charge is -2.06. The molecule has 0 unspecified atom stereocenters. The van der Waals surface area contributed by atoms with Gasteiger partial charge < -0.3 is 15.9 Å². The molecule has 1 amide bonds. The molecule has 7 nitrogen and oxygen atoms in total. The molecule has 3 N–H and O–H groups in total. The number of aryl methyl sites for hydroxylation is 1. The highest BCUT2D eigenvalue weighted by Crippen LogP contribution is 2.18. The molecule has 0 saturated carbocycles. The van der Waals surface area contributed by atoms with Crippen molar-refractivity contribution in [1.82, 2.24) is 14.9 Å². The molecule has 0 aliphatic heterocycles. The number of carbonyl (C=O) groups excluding carboxylic acids is 1. The number of nitrogens with zero attached hydrogens (tertiary/aromatic N) is 3. The fourth-order valence-electron chi connectivity index (χ4n) is 1.67. The zero-order chi connectivity index (χ0) is 15.2. The Morgan fingerprint density at radius 1 is 1.48 bits per heavy atom. The average Bonchev–Trinajstić information content (AvgIpc) is 2.85. The predicted molar refractivity (Wildman–Crippen MR) is 81.9 cm³/mol. The molecule has 0 aliphatic carbocycles. The van der Waals surface area contributed by atoms with Crippen molar-refractivity contribution in [3.63, 3.8) is 0 Å². The smallest absolute Gasteiger partial charge is 0.234 e. The second-order valence-electron chi connectivity index (χ2n) is 4.19. The SMILES string of the molecule is CCc1nnc(SCC(=O)Nc2cccc(OC)c2)n1N. The van der Waals surface area contributed by atoms with Gasteiger partial charge in [0.25, 0.3) is 0 Å². The molecule has 1 heterocycles. The number of aromatic nitrogens is 3. The summed E-state index contributed by atoms with van der Waals surface area (Å²) in [4.78, 5) is 11.9. The van der Waals surface area contributed by atoms with Crippen LogP contribution in [0.25, 0.3) is 0 Å². The molecule has 0 bridgehead atoms. The van der Waals surface area contributed by atoms with Crippen molar-refractivity contribution < 1.29 is 9.53 Å². The average molecular weight is 307 g/mol. The van der Waals surface area contributed by atoms with Crippen molar-refractivity contribution >= 4 is 23.4 Å². The van der Waals surface area contributed by atoms with E-state index in [1.165, 1.54) is 16.4 Å². The summed E-state index contributed by atoms with van der Waals surface area (Å²) in [5.41, 5.74) is 0.684. The molecule has 1 aromatic heterocycles. The minimum atomic E-state index is -0.144. The number of benzene rings is 1. The number of hydrogen-bond acceptors (Lipinski definition) is 6. The minimum absolute atomic E-state index is 0.144. The van der Waals surface area contributed by atoms with Gasteiger partial charge in [0, 0.05) is 18.2 Å². The molecule has 1 aromatic carbocycles. The number of ether oxygens (including phenoxy) is 1. The van der Waals surface area contributed by atoms with Gasteiger partial charge >= 0.3 is 0 Å². The number of methoxy groups -OCH3 is 1. The van der Waals surface area contributed by atoms with E-state index in [-0.39, 0.29) is 11.7 Å². The zero-order valence-corrected chi connectivity index (χ0v) is 12.7. The highest BCUT2D eigenvalue weighted by molar-refractivity contribution is 7.99. The first-order valence-electron chi connectivity index (χ1n) is 6.40. The first-order valence-corrected chi connectivity index (χ1v) is 7.38. The van der Waals surface area contributed by atoms with Gasteiger partial charge in [-0.3, -0.25) is 4.79 Å². The third-order valence-corrected chi connectivity index (χ3v) is 3.68. The molecule has 0 aliphatic rings. The number of amides is 1. The minimum Gasteiger partial charge on any atom is -0.497 e. The van der Waals surface area contributed by atoms with Crippen LogP contribution in [0.15, 0.2) is 29.4 Å². The zero-order valence-electron chi connectivity index (χ0n) is 11.9. The third-order valence-electron chi connectivity index (χ3n) is 2.74. The van der Waals surface area contributed by atoms with Crippen molar-refractivity contribution in [2.75, 3.05) is 24.0 Å². The number of thioether (sulfide) groups is 1. The Hall–Kier alpha value is -2.22. The largest absolute Gasteiger partial charge is 0.497 e. The predicted octanol–water partition coefficient (Wildman–Crippen LogP) is 1.29. The summed E-state index contributed by atoms with van der Waals surface area (Å²) in [6.45, 7) is 1.94. The van der Waals surface area contributed by atoms with Crippen LogP contribution in [-0.2, 0) is 11.2 Å². The van der Waals surface area contributed by atoms with Gasteiger partial charge in [0.15, 0.2) is 5.82 Å². The Balaban J connectivity index is 1.91. The Bertz CT molecular complexity index is 629. The van der Waals surface area contributed by atoms with Gasteiger partial charge in [-0.1, -0.05) is 24.8 Å². The van der Waals surface area contributed by atoms with E-state index in [4.69, 9.17) is 10.6 Å². The summed E-state index contributed by atoms with van der Waals surface area (Å²) in [5.74, 6) is 7.25.